The van der Waals surface area contributed by atoms with Gasteiger partial charge in [0.05, 0.1) is 16.8 Å². The fourth-order valence-corrected chi connectivity index (χ4v) is 4.94. The maximum absolute atomic E-state index is 12.9. The molecule has 0 atom stereocenters. The van der Waals surface area contributed by atoms with E-state index < -0.39 is 10.0 Å². The Morgan fingerprint density at radius 1 is 0.971 bits per heavy atom. The number of nitrogens with one attached hydrogen (secondary N) is 1. The predicted molar refractivity (Wildman–Crippen MR) is 134 cm³/mol. The normalized spacial score (nSPS) is 13.2. The topological polar surface area (TPSA) is 94.8 Å². The molecular weight excluding hydrogens is 464 g/mol. The first-order chi connectivity index (χ1) is 16.9. The van der Waals surface area contributed by atoms with E-state index in [1.807, 2.05) is 61.5 Å². The highest BCUT2D eigenvalue weighted by Gasteiger charge is 2.18. The van der Waals surface area contributed by atoms with Crippen LogP contribution in [0.15, 0.2) is 82.9 Å². The number of hydrogen-bond acceptors (Lipinski definition) is 6. The van der Waals surface area contributed by atoms with Gasteiger partial charge in [0.15, 0.2) is 11.5 Å². The quantitative estimate of drug-likeness (QED) is 0.324. The molecule has 9 heteroatoms. The molecule has 35 heavy (non-hydrogen) atoms. The summed E-state index contributed by atoms with van der Waals surface area (Å²) in [7, 11) is -3.83. The van der Waals surface area contributed by atoms with Gasteiger partial charge in [-0.25, -0.2) is 9.51 Å². The third-order valence-electron chi connectivity index (χ3n) is 5.59. The first kappa shape index (κ1) is 22.7. The van der Waals surface area contributed by atoms with Crippen molar-refractivity contribution in [3.63, 3.8) is 0 Å². The van der Waals surface area contributed by atoms with Gasteiger partial charge in [-0.3, -0.25) is 0 Å². The van der Waals surface area contributed by atoms with Crippen molar-refractivity contribution in [3.05, 3.63) is 89.6 Å². The second-order valence-corrected chi connectivity index (χ2v) is 9.82. The summed E-state index contributed by atoms with van der Waals surface area (Å²) in [5, 5.41) is 8.82. The number of hydrazone groups is 1. The Balaban J connectivity index is 1.51. The number of fused-ring (bicyclic) bond motifs is 1. The van der Waals surface area contributed by atoms with Crippen LogP contribution in [0.5, 0.6) is 11.5 Å². The van der Waals surface area contributed by atoms with Gasteiger partial charge in [0, 0.05) is 17.3 Å². The van der Waals surface area contributed by atoms with Gasteiger partial charge in [-0.05, 0) is 61.4 Å². The Labute approximate surface area is 203 Å². The molecule has 0 spiro atoms. The van der Waals surface area contributed by atoms with Crippen LogP contribution in [0, 0.1) is 13.8 Å². The van der Waals surface area contributed by atoms with Crippen molar-refractivity contribution in [2.24, 2.45) is 5.10 Å². The molecule has 4 aromatic rings. The van der Waals surface area contributed by atoms with Gasteiger partial charge < -0.3 is 9.47 Å². The van der Waals surface area contributed by atoms with Gasteiger partial charge in [-0.1, -0.05) is 30.3 Å². The van der Waals surface area contributed by atoms with E-state index in [2.05, 4.69) is 9.93 Å². The molecule has 8 nitrogen and oxygen atoms in total. The van der Waals surface area contributed by atoms with Crippen LogP contribution in [0.2, 0.25) is 0 Å². The molecule has 1 aliphatic heterocycles. The molecule has 0 amide bonds. The maximum Gasteiger partial charge on any atom is 0.276 e. The lowest BCUT2D eigenvalue weighted by molar-refractivity contribution is 0.171. The summed E-state index contributed by atoms with van der Waals surface area (Å²) >= 11 is 0. The Kier molecular flexibility index (Phi) is 6.00. The number of para-hydroxylation sites is 1. The molecule has 0 fully saturated rings. The van der Waals surface area contributed by atoms with Gasteiger partial charge >= 0.3 is 0 Å². The van der Waals surface area contributed by atoms with E-state index in [0.717, 1.165) is 16.8 Å². The first-order valence-corrected chi connectivity index (χ1v) is 12.6. The average molecular weight is 489 g/mol. The van der Waals surface area contributed by atoms with Gasteiger partial charge in [0.25, 0.3) is 10.0 Å². The van der Waals surface area contributed by atoms with Gasteiger partial charge in [-0.15, -0.1) is 0 Å². The lowest BCUT2D eigenvalue weighted by Gasteiger charge is -2.18. The van der Waals surface area contributed by atoms with E-state index in [1.54, 1.807) is 29.9 Å². The van der Waals surface area contributed by atoms with Crippen LogP contribution < -0.4 is 14.3 Å². The number of ether oxygens (including phenoxy) is 2. The minimum absolute atomic E-state index is 0.196. The zero-order valence-electron chi connectivity index (χ0n) is 19.3. The number of nitrogens with zero attached hydrogens (tertiary/aromatic N) is 3. The zero-order valence-corrected chi connectivity index (χ0v) is 20.1. The van der Waals surface area contributed by atoms with Crippen LogP contribution in [-0.4, -0.2) is 37.6 Å². The SMILES string of the molecule is Cc1ccc(C)c(S(=O)(=O)NN=Cc2cn(-c3ccccc3)nc2-c2ccc3c(c2)OCCO3)c1. The molecule has 1 N–H and O–H groups in total. The molecular formula is C26H24N4O4S. The van der Waals surface area contributed by atoms with Crippen molar-refractivity contribution in [3.8, 4) is 28.4 Å². The number of benzene rings is 3. The minimum atomic E-state index is -3.83. The van der Waals surface area contributed by atoms with Crippen molar-refractivity contribution < 1.29 is 17.9 Å². The van der Waals surface area contributed by atoms with Crippen molar-refractivity contribution in [2.75, 3.05) is 13.2 Å². The van der Waals surface area contributed by atoms with Gasteiger partial charge in [0.2, 0.25) is 0 Å². The molecule has 5 rings (SSSR count). The molecule has 0 saturated heterocycles. The third kappa shape index (κ3) is 4.76. The summed E-state index contributed by atoms with van der Waals surface area (Å²) in [5.74, 6) is 1.32. The zero-order chi connectivity index (χ0) is 24.4. The van der Waals surface area contributed by atoms with Crippen LogP contribution in [-0.2, 0) is 10.0 Å². The van der Waals surface area contributed by atoms with Gasteiger partial charge in [-0.2, -0.15) is 18.6 Å². The van der Waals surface area contributed by atoms with Crippen LogP contribution in [0.25, 0.3) is 16.9 Å². The first-order valence-electron chi connectivity index (χ1n) is 11.1. The van der Waals surface area contributed by atoms with E-state index in [1.165, 1.54) is 6.21 Å². The smallest absolute Gasteiger partial charge is 0.276 e. The lowest BCUT2D eigenvalue weighted by Crippen LogP contribution is -2.19. The van der Waals surface area contributed by atoms with E-state index in [9.17, 15) is 8.42 Å². The van der Waals surface area contributed by atoms with Crippen molar-refractivity contribution in [1.29, 1.82) is 0 Å². The molecule has 178 valence electrons. The van der Waals surface area contributed by atoms with Crippen LogP contribution in [0.4, 0.5) is 0 Å². The van der Waals surface area contributed by atoms with E-state index in [0.29, 0.717) is 41.5 Å². The summed E-state index contributed by atoms with van der Waals surface area (Å²) in [6, 6.07) is 20.5. The Bertz CT molecular complexity index is 1510. The second-order valence-electron chi connectivity index (χ2n) is 8.19. The lowest BCUT2D eigenvalue weighted by atomic mass is 10.1. The Hall–Kier alpha value is -4.11. The molecule has 0 radical (unpaired) electrons. The Morgan fingerprint density at radius 3 is 2.54 bits per heavy atom. The number of sulfonamides is 1. The monoisotopic (exact) mass is 488 g/mol. The molecule has 1 aromatic heterocycles. The molecule has 0 unspecified atom stereocenters. The highest BCUT2D eigenvalue weighted by atomic mass is 32.2. The predicted octanol–water partition coefficient (Wildman–Crippen LogP) is 4.24. The molecule has 0 bridgehead atoms. The highest BCUT2D eigenvalue weighted by molar-refractivity contribution is 7.89. The standard InChI is InChI=1S/C26H24N4O4S/c1-18-8-9-19(2)25(14-18)35(31,32)29-27-16-21-17-30(22-6-4-3-5-7-22)28-26(21)20-10-11-23-24(15-20)34-13-12-33-23/h3-11,14-17,29H,12-13H2,1-2H3. The summed E-state index contributed by atoms with van der Waals surface area (Å²) < 4.78 is 38.8. The summed E-state index contributed by atoms with van der Waals surface area (Å²) in [6.07, 6.45) is 3.26. The van der Waals surface area contributed by atoms with Crippen molar-refractivity contribution in [2.45, 2.75) is 18.7 Å². The molecule has 2 heterocycles. The largest absolute Gasteiger partial charge is 0.486 e. The van der Waals surface area contributed by atoms with E-state index >= 15 is 0 Å². The minimum Gasteiger partial charge on any atom is -0.486 e. The van der Waals surface area contributed by atoms with E-state index in [-0.39, 0.29) is 4.90 Å². The number of rotatable bonds is 6. The van der Waals surface area contributed by atoms with Crippen LogP contribution >= 0.6 is 0 Å². The number of hydrogen-bond donors (Lipinski definition) is 1. The molecule has 0 aliphatic carbocycles. The van der Waals surface area contributed by atoms with Gasteiger partial charge in [0.1, 0.15) is 18.9 Å². The molecule has 0 saturated carbocycles. The number of aryl methyl sites for hydroxylation is 2. The summed E-state index contributed by atoms with van der Waals surface area (Å²) in [5.41, 5.74) is 4.41. The fourth-order valence-electron chi connectivity index (χ4n) is 3.82. The van der Waals surface area contributed by atoms with Crippen molar-refractivity contribution >= 4 is 16.2 Å². The third-order valence-corrected chi connectivity index (χ3v) is 6.95. The molecule has 3 aromatic carbocycles. The average Bonchev–Trinajstić information content (AvgIpc) is 3.30. The van der Waals surface area contributed by atoms with Crippen LogP contribution in [0.3, 0.4) is 0 Å². The highest BCUT2D eigenvalue weighted by Crippen LogP contribution is 2.35. The van der Waals surface area contributed by atoms with Crippen molar-refractivity contribution in [1.82, 2.24) is 14.6 Å². The second kappa shape index (κ2) is 9.27. The van der Waals surface area contributed by atoms with E-state index in [4.69, 9.17) is 14.6 Å². The number of aromatic nitrogens is 2. The maximum atomic E-state index is 12.9. The fraction of sp³-hybridized carbons (Fsp3) is 0.154. The van der Waals surface area contributed by atoms with Crippen LogP contribution in [0.1, 0.15) is 16.7 Å². The summed E-state index contributed by atoms with van der Waals surface area (Å²) in [4.78, 5) is 2.53. The Morgan fingerprint density at radius 2 is 1.74 bits per heavy atom. The molecule has 1 aliphatic rings. The summed E-state index contributed by atoms with van der Waals surface area (Å²) in [6.45, 7) is 4.58.